The molecule has 0 aliphatic heterocycles. The van der Waals surface area contributed by atoms with E-state index in [0.717, 1.165) is 6.08 Å². The Balaban J connectivity index is 5.19. The van der Waals surface area contributed by atoms with Crippen molar-refractivity contribution in [1.82, 2.24) is 4.90 Å². The zero-order valence-electron chi connectivity index (χ0n) is 9.20. The van der Waals surface area contributed by atoms with Crippen LogP contribution in [-0.4, -0.2) is 36.1 Å². The van der Waals surface area contributed by atoms with Gasteiger partial charge in [0.15, 0.2) is 0 Å². The van der Waals surface area contributed by atoms with E-state index in [9.17, 15) is 9.18 Å². The van der Waals surface area contributed by atoms with Crippen molar-refractivity contribution in [3.05, 3.63) is 36.2 Å². The third kappa shape index (κ3) is 4.56. The molecule has 1 unspecified atom stereocenters. The van der Waals surface area contributed by atoms with Crippen molar-refractivity contribution in [2.24, 2.45) is 0 Å². The van der Waals surface area contributed by atoms with Crippen LogP contribution in [-0.2, 0) is 4.79 Å². The standard InChI is InChI=1S/C11H16FNO2/c1-5-6-9(7-8(2)12)10(11(14)15)13(3)4/h5-7,10H,2H2,1,3-4H3,(H,14,15). The lowest BCUT2D eigenvalue weighted by Gasteiger charge is -2.21. The second kappa shape index (κ2) is 6.14. The van der Waals surface area contributed by atoms with Crippen LogP contribution >= 0.6 is 0 Å². The third-order valence-corrected chi connectivity index (χ3v) is 1.75. The van der Waals surface area contributed by atoms with Gasteiger partial charge in [0.1, 0.15) is 11.9 Å². The minimum Gasteiger partial charge on any atom is -0.480 e. The summed E-state index contributed by atoms with van der Waals surface area (Å²) in [7, 11) is 3.24. The largest absolute Gasteiger partial charge is 0.480 e. The molecular weight excluding hydrogens is 197 g/mol. The predicted molar refractivity (Wildman–Crippen MR) is 58.3 cm³/mol. The molecule has 1 N–H and O–H groups in total. The zero-order valence-corrected chi connectivity index (χ0v) is 9.20. The SMILES string of the molecule is C=C(F)C=C(C=CC)C(C(=O)O)N(C)C. The molecule has 1 atom stereocenters. The summed E-state index contributed by atoms with van der Waals surface area (Å²) in [5, 5.41) is 8.99. The van der Waals surface area contributed by atoms with Crippen LogP contribution in [0.5, 0.6) is 0 Å². The monoisotopic (exact) mass is 213 g/mol. The van der Waals surface area contributed by atoms with E-state index in [0.29, 0.717) is 5.57 Å². The van der Waals surface area contributed by atoms with E-state index >= 15 is 0 Å². The number of halogens is 1. The van der Waals surface area contributed by atoms with Gasteiger partial charge in [0.05, 0.1) is 0 Å². The van der Waals surface area contributed by atoms with Crippen molar-refractivity contribution in [3.8, 4) is 0 Å². The first-order valence-electron chi connectivity index (χ1n) is 4.48. The average Bonchev–Trinajstić information content (AvgIpc) is 2.01. The van der Waals surface area contributed by atoms with Gasteiger partial charge >= 0.3 is 5.97 Å². The number of hydrogen-bond acceptors (Lipinski definition) is 2. The van der Waals surface area contributed by atoms with E-state index in [2.05, 4.69) is 6.58 Å². The zero-order chi connectivity index (χ0) is 12.0. The van der Waals surface area contributed by atoms with Gasteiger partial charge in [-0.05, 0) is 32.7 Å². The molecule has 15 heavy (non-hydrogen) atoms. The highest BCUT2D eigenvalue weighted by atomic mass is 19.1. The van der Waals surface area contributed by atoms with E-state index < -0.39 is 17.8 Å². The molecule has 0 saturated heterocycles. The van der Waals surface area contributed by atoms with Crippen LogP contribution in [0.2, 0.25) is 0 Å². The number of hydrogen-bond donors (Lipinski definition) is 1. The normalized spacial score (nSPS) is 14.6. The van der Waals surface area contributed by atoms with Gasteiger partial charge in [0, 0.05) is 0 Å². The van der Waals surface area contributed by atoms with Crippen molar-refractivity contribution in [1.29, 1.82) is 0 Å². The number of likely N-dealkylation sites (N-methyl/N-ethyl adjacent to an activating group) is 1. The van der Waals surface area contributed by atoms with Gasteiger partial charge in [0.25, 0.3) is 0 Å². The molecule has 0 saturated carbocycles. The van der Waals surface area contributed by atoms with Crippen molar-refractivity contribution < 1.29 is 14.3 Å². The number of aliphatic carboxylic acids is 1. The van der Waals surface area contributed by atoms with E-state index in [4.69, 9.17) is 5.11 Å². The van der Waals surface area contributed by atoms with Crippen molar-refractivity contribution >= 4 is 5.97 Å². The second-order valence-electron chi connectivity index (χ2n) is 3.30. The summed E-state index contributed by atoms with van der Waals surface area (Å²) in [5.74, 6) is -1.68. The van der Waals surface area contributed by atoms with Crippen LogP contribution in [0.15, 0.2) is 36.2 Å². The summed E-state index contributed by atoms with van der Waals surface area (Å²) >= 11 is 0. The molecule has 0 aromatic rings. The maximum absolute atomic E-state index is 12.6. The highest BCUT2D eigenvalue weighted by molar-refractivity contribution is 5.78. The molecule has 0 heterocycles. The van der Waals surface area contributed by atoms with Crippen LogP contribution in [0.3, 0.4) is 0 Å². The quantitative estimate of drug-likeness (QED) is 0.710. The highest BCUT2D eigenvalue weighted by Crippen LogP contribution is 2.13. The Morgan fingerprint density at radius 1 is 1.53 bits per heavy atom. The topological polar surface area (TPSA) is 40.5 Å². The van der Waals surface area contributed by atoms with Crippen LogP contribution in [0.1, 0.15) is 6.92 Å². The molecule has 4 heteroatoms. The molecule has 0 bridgehead atoms. The van der Waals surface area contributed by atoms with Gasteiger partial charge < -0.3 is 5.11 Å². The fourth-order valence-corrected chi connectivity index (χ4v) is 1.25. The summed E-state index contributed by atoms with van der Waals surface area (Å²) in [4.78, 5) is 12.5. The van der Waals surface area contributed by atoms with Crippen LogP contribution in [0, 0.1) is 0 Å². The fourth-order valence-electron chi connectivity index (χ4n) is 1.25. The number of carboxylic acids is 1. The lowest BCUT2D eigenvalue weighted by molar-refractivity contribution is -0.140. The Hall–Kier alpha value is -1.42. The van der Waals surface area contributed by atoms with Gasteiger partial charge in [-0.15, -0.1) is 0 Å². The lowest BCUT2D eigenvalue weighted by Crippen LogP contribution is -2.36. The van der Waals surface area contributed by atoms with Gasteiger partial charge in [-0.1, -0.05) is 18.7 Å². The molecule has 0 spiro atoms. The first-order valence-corrected chi connectivity index (χ1v) is 4.48. The minimum atomic E-state index is -1.02. The van der Waals surface area contributed by atoms with E-state index in [1.807, 2.05) is 0 Å². The Morgan fingerprint density at radius 3 is 2.33 bits per heavy atom. The van der Waals surface area contributed by atoms with Crippen LogP contribution < -0.4 is 0 Å². The summed E-state index contributed by atoms with van der Waals surface area (Å²) < 4.78 is 12.6. The number of carbonyl (C=O) groups is 1. The minimum absolute atomic E-state index is 0.363. The maximum Gasteiger partial charge on any atom is 0.325 e. The Bertz CT molecular complexity index is 306. The summed E-state index contributed by atoms with van der Waals surface area (Å²) in [6.45, 7) is 4.83. The Morgan fingerprint density at radius 2 is 2.07 bits per heavy atom. The number of rotatable bonds is 5. The van der Waals surface area contributed by atoms with Gasteiger partial charge in [0.2, 0.25) is 0 Å². The predicted octanol–water partition coefficient (Wildman–Crippen LogP) is 1.99. The smallest absolute Gasteiger partial charge is 0.325 e. The van der Waals surface area contributed by atoms with E-state index in [1.54, 1.807) is 33.2 Å². The molecule has 0 fully saturated rings. The molecule has 3 nitrogen and oxygen atoms in total. The fraction of sp³-hybridized carbons (Fsp3) is 0.364. The lowest BCUT2D eigenvalue weighted by atomic mass is 10.1. The van der Waals surface area contributed by atoms with Crippen molar-refractivity contribution in [2.75, 3.05) is 14.1 Å². The molecule has 0 radical (unpaired) electrons. The van der Waals surface area contributed by atoms with E-state index in [-0.39, 0.29) is 0 Å². The molecule has 0 aromatic heterocycles. The number of nitrogens with zero attached hydrogens (tertiary/aromatic N) is 1. The van der Waals surface area contributed by atoms with Crippen molar-refractivity contribution in [2.45, 2.75) is 13.0 Å². The van der Waals surface area contributed by atoms with Gasteiger partial charge in [-0.25, -0.2) is 4.39 Å². The molecule has 0 amide bonds. The molecule has 0 aliphatic carbocycles. The van der Waals surface area contributed by atoms with Gasteiger partial charge in [-0.3, -0.25) is 9.69 Å². The molecular formula is C11H16FNO2. The van der Waals surface area contributed by atoms with E-state index in [1.165, 1.54) is 4.90 Å². The first kappa shape index (κ1) is 13.6. The first-order chi connectivity index (χ1) is 6.90. The Labute approximate surface area is 89.2 Å². The second-order valence-corrected chi connectivity index (χ2v) is 3.30. The van der Waals surface area contributed by atoms with Gasteiger partial charge in [-0.2, -0.15) is 0 Å². The van der Waals surface area contributed by atoms with Crippen LogP contribution in [0.4, 0.5) is 4.39 Å². The van der Waals surface area contributed by atoms with Crippen molar-refractivity contribution in [3.63, 3.8) is 0 Å². The summed E-state index contributed by atoms with van der Waals surface area (Å²) in [6, 6.07) is -0.867. The highest BCUT2D eigenvalue weighted by Gasteiger charge is 2.22. The number of allylic oxidation sites excluding steroid dienone is 3. The molecule has 0 rings (SSSR count). The molecule has 84 valence electrons. The number of carboxylic acid groups (broad SMARTS) is 1. The van der Waals surface area contributed by atoms with Crippen LogP contribution in [0.25, 0.3) is 0 Å². The average molecular weight is 213 g/mol. The maximum atomic E-state index is 12.6. The summed E-state index contributed by atoms with van der Waals surface area (Å²) in [6.07, 6.45) is 4.34. The third-order valence-electron chi connectivity index (χ3n) is 1.75. The summed E-state index contributed by atoms with van der Waals surface area (Å²) in [5.41, 5.74) is 0.363. The molecule has 0 aromatic carbocycles. The Kier molecular flexibility index (Phi) is 5.56. The molecule has 0 aliphatic rings.